The second-order valence-corrected chi connectivity index (χ2v) is 4.78. The molecule has 6 nitrogen and oxygen atoms in total. The highest BCUT2D eigenvalue weighted by molar-refractivity contribution is 6.31. The third-order valence-corrected chi connectivity index (χ3v) is 3.07. The molecule has 2 rings (SSSR count). The number of hydrogen-bond acceptors (Lipinski definition) is 5. The van der Waals surface area contributed by atoms with Crippen LogP contribution in [0.1, 0.15) is 17.3 Å². The number of halogens is 1. The lowest BCUT2D eigenvalue weighted by atomic mass is 10.2. The van der Waals surface area contributed by atoms with Crippen LogP contribution in [0.2, 0.25) is 5.02 Å². The fraction of sp³-hybridized carbons (Fsp3) is 0.133. The Labute approximate surface area is 131 Å². The molecule has 0 bridgehead atoms. The van der Waals surface area contributed by atoms with Crippen LogP contribution in [-0.2, 0) is 4.74 Å². The molecule has 0 spiro atoms. The Balaban J connectivity index is 2.23. The highest BCUT2D eigenvalue weighted by atomic mass is 35.5. The van der Waals surface area contributed by atoms with Crippen LogP contribution < -0.4 is 5.32 Å². The van der Waals surface area contributed by atoms with E-state index >= 15 is 0 Å². The quantitative estimate of drug-likeness (QED) is 0.508. The number of benzene rings is 2. The van der Waals surface area contributed by atoms with Gasteiger partial charge >= 0.3 is 5.97 Å². The van der Waals surface area contributed by atoms with E-state index in [4.69, 9.17) is 16.3 Å². The lowest BCUT2D eigenvalue weighted by Gasteiger charge is -2.08. The maximum Gasteiger partial charge on any atom is 0.338 e. The zero-order valence-corrected chi connectivity index (χ0v) is 12.5. The lowest BCUT2D eigenvalue weighted by molar-refractivity contribution is -0.383. The number of rotatable bonds is 5. The van der Waals surface area contributed by atoms with E-state index in [1.54, 1.807) is 31.2 Å². The minimum atomic E-state index is -0.494. The van der Waals surface area contributed by atoms with Gasteiger partial charge in [0, 0.05) is 16.8 Å². The SMILES string of the molecule is CCOC(=O)c1ccc(Nc2cc(Cl)ccc2[N+](=O)[O-])cc1. The molecule has 2 aromatic carbocycles. The number of carbonyl (C=O) groups is 1. The average Bonchev–Trinajstić information content (AvgIpc) is 2.48. The van der Waals surface area contributed by atoms with E-state index in [0.29, 0.717) is 22.9 Å². The molecule has 0 heterocycles. The molecular formula is C15H13ClN2O4. The van der Waals surface area contributed by atoms with E-state index in [2.05, 4.69) is 5.32 Å². The van der Waals surface area contributed by atoms with Crippen molar-refractivity contribution >= 4 is 34.6 Å². The minimum absolute atomic E-state index is 0.0844. The number of hydrogen-bond donors (Lipinski definition) is 1. The monoisotopic (exact) mass is 320 g/mol. The highest BCUT2D eigenvalue weighted by Crippen LogP contribution is 2.30. The molecule has 0 aliphatic carbocycles. The molecule has 0 aromatic heterocycles. The molecule has 0 unspecified atom stereocenters. The molecule has 22 heavy (non-hydrogen) atoms. The van der Waals surface area contributed by atoms with Crippen molar-refractivity contribution in [1.29, 1.82) is 0 Å². The van der Waals surface area contributed by atoms with Crippen LogP contribution in [0.3, 0.4) is 0 Å². The van der Waals surface area contributed by atoms with Crippen LogP contribution in [0.4, 0.5) is 17.1 Å². The van der Waals surface area contributed by atoms with Crippen molar-refractivity contribution in [3.8, 4) is 0 Å². The number of carbonyl (C=O) groups excluding carboxylic acids is 1. The van der Waals surface area contributed by atoms with Gasteiger partial charge in [-0.15, -0.1) is 0 Å². The maximum absolute atomic E-state index is 11.6. The number of nitro groups is 1. The fourth-order valence-electron chi connectivity index (χ4n) is 1.83. The van der Waals surface area contributed by atoms with Crippen molar-refractivity contribution in [2.75, 3.05) is 11.9 Å². The summed E-state index contributed by atoms with van der Waals surface area (Å²) in [5.41, 5.74) is 1.20. The molecule has 0 fully saturated rings. The predicted octanol–water partition coefficient (Wildman–Crippen LogP) is 4.17. The topological polar surface area (TPSA) is 81.5 Å². The first kappa shape index (κ1) is 15.8. The first-order valence-corrected chi connectivity index (χ1v) is 6.87. The van der Waals surface area contributed by atoms with E-state index in [0.717, 1.165) is 0 Å². The number of ether oxygens (including phenoxy) is 1. The van der Waals surface area contributed by atoms with Crippen LogP contribution in [0.25, 0.3) is 0 Å². The summed E-state index contributed by atoms with van der Waals surface area (Å²) in [5, 5.41) is 14.3. The Morgan fingerprint density at radius 1 is 1.27 bits per heavy atom. The largest absolute Gasteiger partial charge is 0.462 e. The van der Waals surface area contributed by atoms with Crippen LogP contribution >= 0.6 is 11.6 Å². The summed E-state index contributed by atoms with van der Waals surface area (Å²) < 4.78 is 4.89. The summed E-state index contributed by atoms with van der Waals surface area (Å²) in [5.74, 6) is -0.414. The van der Waals surface area contributed by atoms with Gasteiger partial charge in [0.25, 0.3) is 5.69 Å². The lowest BCUT2D eigenvalue weighted by Crippen LogP contribution is -2.04. The van der Waals surface area contributed by atoms with Gasteiger partial charge in [-0.1, -0.05) is 11.6 Å². The van der Waals surface area contributed by atoms with Crippen molar-refractivity contribution in [3.05, 3.63) is 63.2 Å². The number of nitro benzene ring substituents is 1. The van der Waals surface area contributed by atoms with Crippen molar-refractivity contribution in [1.82, 2.24) is 0 Å². The van der Waals surface area contributed by atoms with Gasteiger partial charge in [-0.2, -0.15) is 0 Å². The van der Waals surface area contributed by atoms with E-state index in [9.17, 15) is 14.9 Å². The molecule has 1 N–H and O–H groups in total. The Morgan fingerprint density at radius 3 is 2.55 bits per heavy atom. The molecule has 114 valence electrons. The highest BCUT2D eigenvalue weighted by Gasteiger charge is 2.14. The standard InChI is InChI=1S/C15H13ClN2O4/c1-2-22-15(19)10-3-6-12(7-4-10)17-13-9-11(16)5-8-14(13)18(20)21/h3-9,17H,2H2,1H3. The first-order valence-electron chi connectivity index (χ1n) is 6.49. The Bertz CT molecular complexity index is 701. The molecule has 0 amide bonds. The number of nitrogens with zero attached hydrogens (tertiary/aromatic N) is 1. The van der Waals surface area contributed by atoms with Gasteiger partial charge in [-0.3, -0.25) is 10.1 Å². The van der Waals surface area contributed by atoms with Crippen LogP contribution in [0, 0.1) is 10.1 Å². The van der Waals surface area contributed by atoms with Crippen molar-refractivity contribution in [2.45, 2.75) is 6.92 Å². The Hall–Kier alpha value is -2.60. The fourth-order valence-corrected chi connectivity index (χ4v) is 2.00. The molecule has 0 saturated heterocycles. The molecular weight excluding hydrogens is 308 g/mol. The molecule has 0 saturated carbocycles. The third-order valence-electron chi connectivity index (χ3n) is 2.83. The Kier molecular flexibility index (Phi) is 4.95. The molecule has 0 radical (unpaired) electrons. The molecule has 7 heteroatoms. The van der Waals surface area contributed by atoms with E-state index < -0.39 is 10.9 Å². The summed E-state index contributed by atoms with van der Waals surface area (Å²) in [4.78, 5) is 22.1. The zero-order valence-electron chi connectivity index (χ0n) is 11.7. The normalized spacial score (nSPS) is 10.1. The predicted molar refractivity (Wildman–Crippen MR) is 83.8 cm³/mol. The summed E-state index contributed by atoms with van der Waals surface area (Å²) in [6.07, 6.45) is 0. The van der Waals surface area contributed by atoms with Crippen LogP contribution in [0.15, 0.2) is 42.5 Å². The maximum atomic E-state index is 11.6. The van der Waals surface area contributed by atoms with Crippen molar-refractivity contribution < 1.29 is 14.5 Å². The van der Waals surface area contributed by atoms with Gasteiger partial charge in [0.1, 0.15) is 5.69 Å². The molecule has 0 aliphatic heterocycles. The summed E-state index contributed by atoms with van der Waals surface area (Å²) in [6.45, 7) is 2.03. The van der Waals surface area contributed by atoms with Crippen molar-refractivity contribution in [3.63, 3.8) is 0 Å². The number of anilines is 2. The zero-order chi connectivity index (χ0) is 16.1. The van der Waals surface area contributed by atoms with E-state index in [-0.39, 0.29) is 11.4 Å². The van der Waals surface area contributed by atoms with Gasteiger partial charge < -0.3 is 10.1 Å². The van der Waals surface area contributed by atoms with Crippen molar-refractivity contribution in [2.24, 2.45) is 0 Å². The summed E-state index contributed by atoms with van der Waals surface area (Å²) >= 11 is 5.87. The molecule has 0 aliphatic rings. The van der Waals surface area contributed by atoms with E-state index in [1.807, 2.05) is 0 Å². The number of esters is 1. The third kappa shape index (κ3) is 3.73. The van der Waals surface area contributed by atoms with Crippen LogP contribution in [-0.4, -0.2) is 17.5 Å². The second kappa shape index (κ2) is 6.91. The van der Waals surface area contributed by atoms with Gasteiger partial charge in [-0.25, -0.2) is 4.79 Å². The first-order chi connectivity index (χ1) is 10.5. The van der Waals surface area contributed by atoms with Gasteiger partial charge in [-0.05, 0) is 43.3 Å². The minimum Gasteiger partial charge on any atom is -0.462 e. The molecule has 2 aromatic rings. The van der Waals surface area contributed by atoms with Gasteiger partial charge in [0.05, 0.1) is 17.1 Å². The number of nitrogens with one attached hydrogen (secondary N) is 1. The molecule has 0 atom stereocenters. The van der Waals surface area contributed by atoms with Gasteiger partial charge in [0.2, 0.25) is 0 Å². The van der Waals surface area contributed by atoms with Gasteiger partial charge in [0.15, 0.2) is 0 Å². The Morgan fingerprint density at radius 2 is 1.95 bits per heavy atom. The smallest absolute Gasteiger partial charge is 0.338 e. The summed E-state index contributed by atoms with van der Waals surface area (Å²) in [7, 11) is 0. The average molecular weight is 321 g/mol. The van der Waals surface area contributed by atoms with Crippen LogP contribution in [0.5, 0.6) is 0 Å². The van der Waals surface area contributed by atoms with E-state index in [1.165, 1.54) is 18.2 Å². The summed E-state index contributed by atoms with van der Waals surface area (Å²) in [6, 6.07) is 10.7. The second-order valence-electron chi connectivity index (χ2n) is 4.34.